The summed E-state index contributed by atoms with van der Waals surface area (Å²) in [7, 11) is 0. The Kier molecular flexibility index (Phi) is 6.09. The molecule has 8 nitrogen and oxygen atoms in total. The number of β-amino-alcohol motifs (C(OH)–C–C–N with tert-alkyl or cyclic N) is 1. The summed E-state index contributed by atoms with van der Waals surface area (Å²) in [6, 6.07) is 10.5. The van der Waals surface area contributed by atoms with Crippen molar-refractivity contribution in [3.8, 4) is 0 Å². The first-order valence-electron chi connectivity index (χ1n) is 9.40. The molecule has 10 heteroatoms. The van der Waals surface area contributed by atoms with E-state index in [0.717, 1.165) is 0 Å². The van der Waals surface area contributed by atoms with E-state index in [-0.39, 0.29) is 23.2 Å². The highest BCUT2D eigenvalue weighted by Crippen LogP contribution is 2.33. The summed E-state index contributed by atoms with van der Waals surface area (Å²) in [5, 5.41) is 34.4. The molecule has 3 unspecified atom stereocenters. The average Bonchev–Trinajstić information content (AvgIpc) is 3.30. The number of aliphatic hydroxyl groups excluding tert-OH is 1. The van der Waals surface area contributed by atoms with Crippen LogP contribution >= 0.6 is 11.6 Å². The summed E-state index contributed by atoms with van der Waals surface area (Å²) in [6.45, 7) is 0.686. The Morgan fingerprint density at radius 2 is 2.07 bits per heavy atom. The number of nitrogens with one attached hydrogen (secondary N) is 1. The Morgan fingerprint density at radius 3 is 2.83 bits per heavy atom. The zero-order valence-electron chi connectivity index (χ0n) is 15.8. The third-order valence-corrected chi connectivity index (χ3v) is 5.49. The summed E-state index contributed by atoms with van der Waals surface area (Å²) in [5.74, 6) is 0.313. The van der Waals surface area contributed by atoms with Crippen LogP contribution in [0.3, 0.4) is 0 Å². The number of aliphatic hydroxyl groups is 1. The predicted molar refractivity (Wildman–Crippen MR) is 105 cm³/mol. The molecule has 0 spiro atoms. The molecule has 1 aliphatic rings. The topological polar surface area (TPSA) is 110 Å². The van der Waals surface area contributed by atoms with Gasteiger partial charge in [-0.25, -0.2) is 9.60 Å². The molecule has 158 valence electrons. The molecule has 1 aliphatic heterocycles. The standard InChI is InChI=1S/C20H20ClFN4O4/c21-16-8-14(22)6-5-12(16)7-19-23-20(30-24-19)18-9-15(27)11-25(18)10-13-3-1-2-4-17(13)26(28)29/h1-6,8,15,18,26-28H,7,9-11H2. The average molecular weight is 435 g/mol. The minimum absolute atomic E-state index is 0.217. The van der Waals surface area contributed by atoms with Gasteiger partial charge in [0, 0.05) is 36.2 Å². The maximum Gasteiger partial charge on any atom is 0.244 e. The maximum atomic E-state index is 13.2. The number of aromatic nitrogens is 2. The first-order chi connectivity index (χ1) is 14.4. The minimum Gasteiger partial charge on any atom is -0.595 e. The third kappa shape index (κ3) is 4.51. The molecule has 0 aliphatic carbocycles. The largest absolute Gasteiger partial charge is 0.595 e. The summed E-state index contributed by atoms with van der Waals surface area (Å²) in [6.07, 6.45) is 0.0855. The number of rotatable bonds is 6. The van der Waals surface area contributed by atoms with Gasteiger partial charge in [0.25, 0.3) is 0 Å². The number of para-hydroxylation sites is 1. The monoisotopic (exact) mass is 434 g/mol. The van der Waals surface area contributed by atoms with E-state index in [4.69, 9.17) is 16.1 Å². The van der Waals surface area contributed by atoms with Crippen LogP contribution in [0, 0.1) is 11.0 Å². The van der Waals surface area contributed by atoms with Crippen molar-refractivity contribution in [2.75, 3.05) is 6.54 Å². The Labute approximate surface area is 176 Å². The lowest BCUT2D eigenvalue weighted by atomic mass is 10.1. The van der Waals surface area contributed by atoms with Crippen LogP contribution < -0.4 is 5.23 Å². The van der Waals surface area contributed by atoms with Crippen molar-refractivity contribution in [2.24, 2.45) is 0 Å². The van der Waals surface area contributed by atoms with Gasteiger partial charge in [-0.05, 0) is 24.1 Å². The number of nitrogens with zero attached hydrogens (tertiary/aromatic N) is 3. The molecular formula is C20H20ClFN4O4. The Morgan fingerprint density at radius 1 is 1.27 bits per heavy atom. The van der Waals surface area contributed by atoms with E-state index in [1.54, 1.807) is 30.3 Å². The van der Waals surface area contributed by atoms with E-state index < -0.39 is 17.1 Å². The SMILES string of the molecule is [O-][NH+](O)c1ccccc1CN1CC(O)CC1c1nc(Cc2ccc(F)cc2Cl)no1. The Bertz CT molecular complexity index is 1030. The Balaban J connectivity index is 1.53. The van der Waals surface area contributed by atoms with Crippen LogP contribution in [0.1, 0.15) is 35.3 Å². The van der Waals surface area contributed by atoms with Gasteiger partial charge in [0.2, 0.25) is 5.89 Å². The predicted octanol–water partition coefficient (Wildman–Crippen LogP) is 2.16. The van der Waals surface area contributed by atoms with E-state index in [1.165, 1.54) is 12.1 Å². The van der Waals surface area contributed by atoms with Crippen LogP contribution in [-0.2, 0) is 13.0 Å². The Hall–Kier alpha value is -2.40. The van der Waals surface area contributed by atoms with Gasteiger partial charge < -0.3 is 14.8 Å². The first-order valence-corrected chi connectivity index (χ1v) is 9.78. The molecule has 0 saturated carbocycles. The molecular weight excluding hydrogens is 415 g/mol. The molecule has 4 rings (SSSR count). The number of halogens is 2. The molecule has 2 heterocycles. The van der Waals surface area contributed by atoms with Crippen LogP contribution in [0.5, 0.6) is 0 Å². The number of quaternary nitrogens is 1. The van der Waals surface area contributed by atoms with Gasteiger partial charge in [0.05, 0.1) is 12.1 Å². The van der Waals surface area contributed by atoms with Crippen LogP contribution in [0.4, 0.5) is 10.1 Å². The molecule has 2 aromatic carbocycles. The number of hydrogen-bond donors (Lipinski definition) is 3. The number of likely N-dealkylation sites (tertiary alicyclic amines) is 1. The molecule has 0 bridgehead atoms. The van der Waals surface area contributed by atoms with Gasteiger partial charge >= 0.3 is 0 Å². The van der Waals surface area contributed by atoms with Crippen molar-refractivity contribution in [1.29, 1.82) is 0 Å². The van der Waals surface area contributed by atoms with Crippen molar-refractivity contribution in [3.63, 3.8) is 0 Å². The lowest BCUT2D eigenvalue weighted by molar-refractivity contribution is -0.991. The quantitative estimate of drug-likeness (QED) is 0.510. The van der Waals surface area contributed by atoms with Gasteiger partial charge in [-0.3, -0.25) is 4.90 Å². The molecule has 0 radical (unpaired) electrons. The fraction of sp³-hybridized carbons (Fsp3) is 0.300. The summed E-state index contributed by atoms with van der Waals surface area (Å²) in [4.78, 5) is 6.36. The lowest BCUT2D eigenvalue weighted by Crippen LogP contribution is -2.99. The maximum absolute atomic E-state index is 13.2. The van der Waals surface area contributed by atoms with Crippen molar-refractivity contribution in [1.82, 2.24) is 15.0 Å². The molecule has 3 atom stereocenters. The second-order valence-corrected chi connectivity index (χ2v) is 7.67. The molecule has 0 amide bonds. The highest BCUT2D eigenvalue weighted by atomic mass is 35.5. The molecule has 3 aromatic rings. The second-order valence-electron chi connectivity index (χ2n) is 7.26. The van der Waals surface area contributed by atoms with E-state index in [1.807, 2.05) is 4.90 Å². The number of benzene rings is 2. The summed E-state index contributed by atoms with van der Waals surface area (Å²) < 4.78 is 18.7. The molecule has 1 fully saturated rings. The van der Waals surface area contributed by atoms with E-state index >= 15 is 0 Å². The zero-order valence-corrected chi connectivity index (χ0v) is 16.6. The van der Waals surface area contributed by atoms with Gasteiger partial charge in [-0.2, -0.15) is 10.2 Å². The number of hydrogen-bond acceptors (Lipinski definition) is 7. The first kappa shape index (κ1) is 20.9. The van der Waals surface area contributed by atoms with Crippen molar-refractivity contribution in [2.45, 2.75) is 31.5 Å². The van der Waals surface area contributed by atoms with Gasteiger partial charge in [0.15, 0.2) is 11.5 Å². The molecule has 30 heavy (non-hydrogen) atoms. The smallest absolute Gasteiger partial charge is 0.244 e. The van der Waals surface area contributed by atoms with Crippen LogP contribution in [-0.4, -0.2) is 38.0 Å². The zero-order chi connectivity index (χ0) is 21.3. The molecule has 3 N–H and O–H groups in total. The summed E-state index contributed by atoms with van der Waals surface area (Å²) in [5.41, 5.74) is 1.53. The normalized spacial score (nSPS) is 20.6. The van der Waals surface area contributed by atoms with Crippen molar-refractivity contribution >= 4 is 17.3 Å². The highest BCUT2D eigenvalue weighted by Gasteiger charge is 2.36. The third-order valence-electron chi connectivity index (χ3n) is 5.14. The minimum atomic E-state index is -1.00. The fourth-order valence-corrected chi connectivity index (χ4v) is 3.94. The van der Waals surface area contributed by atoms with E-state index in [0.29, 0.717) is 42.4 Å². The van der Waals surface area contributed by atoms with Gasteiger partial charge in [-0.15, -0.1) is 0 Å². The van der Waals surface area contributed by atoms with E-state index in [9.17, 15) is 19.9 Å². The lowest BCUT2D eigenvalue weighted by Gasteiger charge is -2.23. The van der Waals surface area contributed by atoms with Crippen LogP contribution in [0.15, 0.2) is 47.0 Å². The molecule has 1 aromatic heterocycles. The molecule has 1 saturated heterocycles. The second kappa shape index (κ2) is 8.76. The van der Waals surface area contributed by atoms with E-state index in [2.05, 4.69) is 10.1 Å². The van der Waals surface area contributed by atoms with Gasteiger partial charge in [-0.1, -0.05) is 41.0 Å². The van der Waals surface area contributed by atoms with Crippen molar-refractivity contribution < 1.29 is 24.5 Å². The highest BCUT2D eigenvalue weighted by molar-refractivity contribution is 6.31. The van der Waals surface area contributed by atoms with Gasteiger partial charge in [0.1, 0.15) is 5.82 Å². The van der Waals surface area contributed by atoms with Crippen LogP contribution in [0.25, 0.3) is 0 Å². The summed E-state index contributed by atoms with van der Waals surface area (Å²) >= 11 is 6.07. The fourth-order valence-electron chi connectivity index (χ4n) is 3.71. The van der Waals surface area contributed by atoms with Crippen LogP contribution in [0.2, 0.25) is 5.02 Å². The van der Waals surface area contributed by atoms with Crippen molar-refractivity contribution in [3.05, 3.63) is 81.4 Å².